The predicted molar refractivity (Wildman–Crippen MR) is 103 cm³/mol. The quantitative estimate of drug-likeness (QED) is 0.708. The molecule has 0 bridgehead atoms. The smallest absolute Gasteiger partial charge is 0.226 e. The van der Waals surface area contributed by atoms with Gasteiger partial charge in [-0.05, 0) is 19.9 Å². The molecule has 0 aliphatic carbocycles. The van der Waals surface area contributed by atoms with Crippen LogP contribution in [-0.2, 0) is 0 Å². The molecule has 1 saturated heterocycles. The van der Waals surface area contributed by atoms with E-state index in [-0.39, 0.29) is 0 Å². The minimum absolute atomic E-state index is 0.753. The highest BCUT2D eigenvalue weighted by atomic mass is 15.3. The summed E-state index contributed by atoms with van der Waals surface area (Å²) in [4.78, 5) is 20.4. The summed E-state index contributed by atoms with van der Waals surface area (Å²) < 4.78 is 1.90. The highest BCUT2D eigenvalue weighted by molar-refractivity contribution is 5.69. The van der Waals surface area contributed by atoms with Gasteiger partial charge in [-0.25, -0.2) is 14.5 Å². The zero-order valence-electron chi connectivity index (χ0n) is 15.7. The van der Waals surface area contributed by atoms with Crippen LogP contribution in [0.4, 0.5) is 17.6 Å². The lowest BCUT2D eigenvalue weighted by Gasteiger charge is -2.36. The molecule has 26 heavy (non-hydrogen) atoms. The molecule has 3 aromatic heterocycles. The average molecular weight is 352 g/mol. The Labute approximate surface area is 153 Å². The van der Waals surface area contributed by atoms with Crippen LogP contribution in [0.5, 0.6) is 0 Å². The summed E-state index contributed by atoms with van der Waals surface area (Å²) in [6.45, 7) is 7.63. The lowest BCUT2D eigenvalue weighted by molar-refractivity contribution is 0.640. The van der Waals surface area contributed by atoms with Crippen LogP contribution in [0.25, 0.3) is 5.52 Å². The first-order valence-electron chi connectivity index (χ1n) is 8.85. The summed E-state index contributed by atoms with van der Waals surface area (Å²) in [5, 5.41) is 4.49. The van der Waals surface area contributed by atoms with Crippen LogP contribution in [0.2, 0.25) is 0 Å². The minimum Gasteiger partial charge on any atom is -0.353 e. The van der Waals surface area contributed by atoms with E-state index in [1.807, 2.05) is 49.8 Å². The van der Waals surface area contributed by atoms with Crippen LogP contribution < -0.4 is 14.7 Å². The number of hydrogen-bond acceptors (Lipinski definition) is 7. The fourth-order valence-electron chi connectivity index (χ4n) is 3.32. The largest absolute Gasteiger partial charge is 0.353 e. The van der Waals surface area contributed by atoms with Crippen molar-refractivity contribution in [1.82, 2.24) is 24.6 Å². The van der Waals surface area contributed by atoms with E-state index in [2.05, 4.69) is 37.0 Å². The minimum atomic E-state index is 0.753. The van der Waals surface area contributed by atoms with Gasteiger partial charge >= 0.3 is 0 Å². The Morgan fingerprint density at radius 2 is 1.65 bits per heavy atom. The third-order valence-corrected chi connectivity index (χ3v) is 4.62. The van der Waals surface area contributed by atoms with E-state index in [0.717, 1.165) is 60.7 Å². The van der Waals surface area contributed by atoms with Gasteiger partial charge in [-0.3, -0.25) is 0 Å². The highest BCUT2D eigenvalue weighted by Crippen LogP contribution is 2.23. The number of fused-ring (bicyclic) bond motifs is 1. The Hall–Kier alpha value is -2.90. The zero-order valence-corrected chi connectivity index (χ0v) is 15.7. The molecular weight excluding hydrogens is 328 g/mol. The van der Waals surface area contributed by atoms with Gasteiger partial charge in [-0.2, -0.15) is 10.1 Å². The Balaban J connectivity index is 1.54. The number of aromatic nitrogens is 5. The van der Waals surface area contributed by atoms with Crippen LogP contribution in [0.15, 0.2) is 24.5 Å². The number of piperazine rings is 1. The lowest BCUT2D eigenvalue weighted by Crippen LogP contribution is -2.47. The number of aryl methyl sites for hydroxylation is 2. The fourth-order valence-corrected chi connectivity index (χ4v) is 3.32. The molecule has 0 saturated carbocycles. The van der Waals surface area contributed by atoms with Gasteiger partial charge in [0.2, 0.25) is 5.95 Å². The Kier molecular flexibility index (Phi) is 4.10. The van der Waals surface area contributed by atoms with Gasteiger partial charge in [-0.1, -0.05) is 0 Å². The van der Waals surface area contributed by atoms with Crippen LogP contribution >= 0.6 is 0 Å². The molecule has 8 heteroatoms. The summed E-state index contributed by atoms with van der Waals surface area (Å²) in [5.41, 5.74) is 3.05. The third kappa shape index (κ3) is 3.02. The maximum Gasteiger partial charge on any atom is 0.226 e. The van der Waals surface area contributed by atoms with E-state index in [4.69, 9.17) is 4.98 Å². The first kappa shape index (κ1) is 16.6. The van der Waals surface area contributed by atoms with E-state index in [1.165, 1.54) is 0 Å². The first-order chi connectivity index (χ1) is 12.5. The van der Waals surface area contributed by atoms with Crippen molar-refractivity contribution in [3.05, 3.63) is 35.9 Å². The van der Waals surface area contributed by atoms with E-state index in [0.29, 0.717) is 0 Å². The molecule has 0 radical (unpaired) electrons. The molecule has 4 rings (SSSR count). The molecular formula is C18H24N8. The fraction of sp³-hybridized carbons (Fsp3) is 0.444. The summed E-state index contributed by atoms with van der Waals surface area (Å²) >= 11 is 0. The Bertz CT molecular complexity index is 924. The molecule has 4 heterocycles. The monoisotopic (exact) mass is 352 g/mol. The average Bonchev–Trinajstić information content (AvgIpc) is 3.01. The van der Waals surface area contributed by atoms with Crippen molar-refractivity contribution >= 4 is 23.1 Å². The zero-order chi connectivity index (χ0) is 18.3. The van der Waals surface area contributed by atoms with Crippen molar-refractivity contribution in [2.24, 2.45) is 0 Å². The molecule has 8 nitrogen and oxygen atoms in total. The van der Waals surface area contributed by atoms with E-state index >= 15 is 0 Å². The standard InChI is InChI=1S/C18H24N8/c1-13-12-16(21-18(20-13)23(3)4)24-7-9-25(10-8-24)17-15-11-14(2)22-26(15)6-5-19-17/h5-6,11-12H,7-10H2,1-4H3. The van der Waals surface area contributed by atoms with Gasteiger partial charge in [0.1, 0.15) is 11.3 Å². The van der Waals surface area contributed by atoms with Gasteiger partial charge < -0.3 is 14.7 Å². The van der Waals surface area contributed by atoms with E-state index < -0.39 is 0 Å². The summed E-state index contributed by atoms with van der Waals surface area (Å²) in [7, 11) is 3.94. The van der Waals surface area contributed by atoms with Crippen molar-refractivity contribution in [1.29, 1.82) is 0 Å². The van der Waals surface area contributed by atoms with Crippen molar-refractivity contribution in [2.45, 2.75) is 13.8 Å². The summed E-state index contributed by atoms with van der Waals surface area (Å²) in [5.74, 6) is 2.75. The van der Waals surface area contributed by atoms with Crippen molar-refractivity contribution in [3.8, 4) is 0 Å². The summed E-state index contributed by atoms with van der Waals surface area (Å²) in [6, 6.07) is 4.15. The molecule has 0 N–H and O–H groups in total. The molecule has 0 aromatic carbocycles. The number of anilines is 3. The molecule has 1 aliphatic heterocycles. The van der Waals surface area contributed by atoms with Gasteiger partial charge in [0.15, 0.2) is 5.82 Å². The molecule has 0 spiro atoms. The second-order valence-electron chi connectivity index (χ2n) is 6.90. The lowest BCUT2D eigenvalue weighted by atomic mass is 10.3. The van der Waals surface area contributed by atoms with Crippen LogP contribution in [0.3, 0.4) is 0 Å². The maximum absolute atomic E-state index is 4.70. The third-order valence-electron chi connectivity index (χ3n) is 4.62. The van der Waals surface area contributed by atoms with Crippen molar-refractivity contribution in [2.75, 3.05) is 55.0 Å². The van der Waals surface area contributed by atoms with Gasteiger partial charge in [0.05, 0.1) is 5.69 Å². The van der Waals surface area contributed by atoms with Crippen molar-refractivity contribution < 1.29 is 0 Å². The van der Waals surface area contributed by atoms with Gasteiger partial charge in [0, 0.05) is 64.4 Å². The first-order valence-corrected chi connectivity index (χ1v) is 8.85. The predicted octanol–water partition coefficient (Wildman–Crippen LogP) is 1.53. The van der Waals surface area contributed by atoms with Crippen LogP contribution in [0.1, 0.15) is 11.4 Å². The molecule has 1 fully saturated rings. The van der Waals surface area contributed by atoms with E-state index in [1.54, 1.807) is 0 Å². The molecule has 136 valence electrons. The Morgan fingerprint density at radius 1 is 0.923 bits per heavy atom. The molecule has 1 aliphatic rings. The SMILES string of the molecule is Cc1cc(N2CCN(c3nccn4nc(C)cc34)CC2)nc(N(C)C)n1. The number of rotatable bonds is 3. The molecule has 3 aromatic rings. The van der Waals surface area contributed by atoms with Crippen LogP contribution in [-0.4, -0.2) is 64.8 Å². The summed E-state index contributed by atoms with van der Waals surface area (Å²) in [6.07, 6.45) is 3.72. The van der Waals surface area contributed by atoms with Gasteiger partial charge in [-0.15, -0.1) is 0 Å². The molecule has 0 unspecified atom stereocenters. The van der Waals surface area contributed by atoms with Crippen LogP contribution in [0, 0.1) is 13.8 Å². The van der Waals surface area contributed by atoms with Gasteiger partial charge in [0.25, 0.3) is 0 Å². The topological polar surface area (TPSA) is 65.7 Å². The second-order valence-corrected chi connectivity index (χ2v) is 6.90. The van der Waals surface area contributed by atoms with Crippen molar-refractivity contribution in [3.63, 3.8) is 0 Å². The number of nitrogens with zero attached hydrogens (tertiary/aromatic N) is 8. The second kappa shape index (κ2) is 6.44. The van der Waals surface area contributed by atoms with E-state index in [9.17, 15) is 0 Å². The number of hydrogen-bond donors (Lipinski definition) is 0. The Morgan fingerprint density at radius 3 is 2.38 bits per heavy atom. The maximum atomic E-state index is 4.70. The molecule has 0 atom stereocenters. The molecule has 0 amide bonds. The highest BCUT2D eigenvalue weighted by Gasteiger charge is 2.22. The normalized spacial score (nSPS) is 14.9.